The van der Waals surface area contributed by atoms with Gasteiger partial charge in [-0.1, -0.05) is 18.2 Å². The topological polar surface area (TPSA) is 44.8 Å². The standard InChI is InChI=1S/C15H13BrO4/c1-18-13-8-11(12(16)9-14(13)19-2)15(17)20-10-6-4-3-5-7-10/h3-9H,1-2H3. The molecule has 0 N–H and O–H groups in total. The molecule has 0 bridgehead atoms. The van der Waals surface area contributed by atoms with E-state index in [0.29, 0.717) is 27.3 Å². The van der Waals surface area contributed by atoms with E-state index in [4.69, 9.17) is 14.2 Å². The van der Waals surface area contributed by atoms with Gasteiger partial charge in [0.1, 0.15) is 5.75 Å². The second-order valence-electron chi connectivity index (χ2n) is 3.89. The average molecular weight is 337 g/mol. The molecule has 2 aromatic carbocycles. The molecule has 4 nitrogen and oxygen atoms in total. The van der Waals surface area contributed by atoms with Gasteiger partial charge in [-0.3, -0.25) is 0 Å². The second kappa shape index (κ2) is 6.43. The molecule has 0 atom stereocenters. The highest BCUT2D eigenvalue weighted by atomic mass is 79.9. The van der Waals surface area contributed by atoms with Gasteiger partial charge in [0, 0.05) is 4.47 Å². The van der Waals surface area contributed by atoms with E-state index in [0.717, 1.165) is 0 Å². The van der Waals surface area contributed by atoms with Crippen molar-refractivity contribution in [3.8, 4) is 17.2 Å². The highest BCUT2D eigenvalue weighted by Crippen LogP contribution is 2.33. The van der Waals surface area contributed by atoms with Crippen molar-refractivity contribution in [3.63, 3.8) is 0 Å². The van der Waals surface area contributed by atoms with Gasteiger partial charge in [0.25, 0.3) is 0 Å². The van der Waals surface area contributed by atoms with Crippen LogP contribution in [-0.2, 0) is 0 Å². The molecule has 0 unspecified atom stereocenters. The lowest BCUT2D eigenvalue weighted by molar-refractivity contribution is 0.0733. The van der Waals surface area contributed by atoms with Crippen molar-refractivity contribution >= 4 is 21.9 Å². The Morgan fingerprint density at radius 1 is 1.00 bits per heavy atom. The van der Waals surface area contributed by atoms with Crippen LogP contribution in [0.15, 0.2) is 46.9 Å². The van der Waals surface area contributed by atoms with E-state index >= 15 is 0 Å². The van der Waals surface area contributed by atoms with Crippen LogP contribution in [-0.4, -0.2) is 20.2 Å². The number of rotatable bonds is 4. The molecule has 5 heteroatoms. The summed E-state index contributed by atoms with van der Waals surface area (Å²) in [6.07, 6.45) is 0. The third kappa shape index (κ3) is 3.11. The molecular weight excluding hydrogens is 324 g/mol. The highest BCUT2D eigenvalue weighted by molar-refractivity contribution is 9.10. The number of methoxy groups -OCH3 is 2. The van der Waals surface area contributed by atoms with Crippen LogP contribution in [0, 0.1) is 0 Å². The van der Waals surface area contributed by atoms with Crippen LogP contribution in [0.25, 0.3) is 0 Å². The number of hydrogen-bond acceptors (Lipinski definition) is 4. The van der Waals surface area contributed by atoms with Crippen LogP contribution in [0.3, 0.4) is 0 Å². The van der Waals surface area contributed by atoms with Crippen LogP contribution in [0.2, 0.25) is 0 Å². The summed E-state index contributed by atoms with van der Waals surface area (Å²) in [5, 5.41) is 0. The van der Waals surface area contributed by atoms with Crippen molar-refractivity contribution in [3.05, 3.63) is 52.5 Å². The van der Waals surface area contributed by atoms with Crippen LogP contribution in [0.4, 0.5) is 0 Å². The third-order valence-corrected chi connectivity index (χ3v) is 3.30. The van der Waals surface area contributed by atoms with Gasteiger partial charge in [0.2, 0.25) is 0 Å². The van der Waals surface area contributed by atoms with Gasteiger partial charge >= 0.3 is 5.97 Å². The first-order chi connectivity index (χ1) is 9.65. The lowest BCUT2D eigenvalue weighted by Gasteiger charge is -2.11. The molecule has 0 saturated carbocycles. The minimum atomic E-state index is -0.468. The number of carbonyl (C=O) groups excluding carboxylic acids is 1. The first-order valence-electron chi connectivity index (χ1n) is 5.84. The molecule has 2 rings (SSSR count). The lowest BCUT2D eigenvalue weighted by atomic mass is 10.2. The molecule has 104 valence electrons. The quantitative estimate of drug-likeness (QED) is 0.631. The minimum absolute atomic E-state index is 0.367. The maximum atomic E-state index is 12.2. The van der Waals surface area contributed by atoms with Gasteiger partial charge in [-0.2, -0.15) is 0 Å². The van der Waals surface area contributed by atoms with Gasteiger partial charge in [0.15, 0.2) is 11.5 Å². The van der Waals surface area contributed by atoms with Crippen LogP contribution in [0.5, 0.6) is 17.2 Å². The number of halogens is 1. The Bertz CT molecular complexity index is 611. The van der Waals surface area contributed by atoms with Gasteiger partial charge in [-0.15, -0.1) is 0 Å². The molecule has 0 radical (unpaired) electrons. The molecule has 0 saturated heterocycles. The largest absolute Gasteiger partial charge is 0.493 e. The molecular formula is C15H13BrO4. The molecule has 20 heavy (non-hydrogen) atoms. The van der Waals surface area contributed by atoms with E-state index in [1.807, 2.05) is 6.07 Å². The first-order valence-corrected chi connectivity index (χ1v) is 6.63. The summed E-state index contributed by atoms with van der Waals surface area (Å²) in [6.45, 7) is 0. The Morgan fingerprint density at radius 2 is 1.60 bits per heavy atom. The first kappa shape index (κ1) is 14.4. The van der Waals surface area contributed by atoms with E-state index in [1.54, 1.807) is 36.4 Å². The van der Waals surface area contributed by atoms with Crippen LogP contribution >= 0.6 is 15.9 Å². The number of hydrogen-bond donors (Lipinski definition) is 0. The summed E-state index contributed by atoms with van der Waals surface area (Å²) in [7, 11) is 3.05. The zero-order valence-electron chi connectivity index (χ0n) is 11.1. The molecule has 0 aliphatic heterocycles. The van der Waals surface area contributed by atoms with Gasteiger partial charge in [-0.05, 0) is 40.2 Å². The summed E-state index contributed by atoms with van der Waals surface area (Å²) in [4.78, 5) is 12.2. The molecule has 0 amide bonds. The second-order valence-corrected chi connectivity index (χ2v) is 4.74. The van der Waals surface area contributed by atoms with E-state index in [9.17, 15) is 4.79 Å². The van der Waals surface area contributed by atoms with Crippen LogP contribution < -0.4 is 14.2 Å². The molecule has 0 heterocycles. The van der Waals surface area contributed by atoms with Crippen molar-refractivity contribution in [1.29, 1.82) is 0 Å². The van der Waals surface area contributed by atoms with Crippen LogP contribution in [0.1, 0.15) is 10.4 Å². The van der Waals surface area contributed by atoms with E-state index in [2.05, 4.69) is 15.9 Å². The lowest BCUT2D eigenvalue weighted by Crippen LogP contribution is -2.10. The maximum Gasteiger partial charge on any atom is 0.344 e. The summed E-state index contributed by atoms with van der Waals surface area (Å²) in [6, 6.07) is 12.1. The fourth-order valence-corrected chi connectivity index (χ4v) is 2.15. The molecule has 0 spiro atoms. The van der Waals surface area contributed by atoms with Crippen molar-refractivity contribution < 1.29 is 19.0 Å². The Balaban J connectivity index is 2.30. The predicted octanol–water partition coefficient (Wildman–Crippen LogP) is 3.69. The number of ether oxygens (including phenoxy) is 3. The van der Waals surface area contributed by atoms with Gasteiger partial charge in [-0.25, -0.2) is 4.79 Å². The summed E-state index contributed by atoms with van der Waals surface area (Å²) in [5.41, 5.74) is 0.367. The number of esters is 1. The molecule has 0 fully saturated rings. The summed E-state index contributed by atoms with van der Waals surface area (Å²) < 4.78 is 16.2. The average Bonchev–Trinajstić information content (AvgIpc) is 2.47. The Hall–Kier alpha value is -2.01. The molecule has 0 aliphatic carbocycles. The normalized spacial score (nSPS) is 9.95. The maximum absolute atomic E-state index is 12.2. The third-order valence-electron chi connectivity index (χ3n) is 2.65. The fraction of sp³-hybridized carbons (Fsp3) is 0.133. The number of para-hydroxylation sites is 1. The Morgan fingerprint density at radius 3 is 2.20 bits per heavy atom. The molecule has 2 aromatic rings. The Kier molecular flexibility index (Phi) is 4.63. The predicted molar refractivity (Wildman–Crippen MR) is 78.6 cm³/mol. The molecule has 0 aromatic heterocycles. The van der Waals surface area contributed by atoms with Crippen molar-refractivity contribution in [2.24, 2.45) is 0 Å². The van der Waals surface area contributed by atoms with E-state index in [1.165, 1.54) is 14.2 Å². The number of carbonyl (C=O) groups is 1. The van der Waals surface area contributed by atoms with Gasteiger partial charge in [0.05, 0.1) is 19.8 Å². The summed E-state index contributed by atoms with van der Waals surface area (Å²) >= 11 is 3.33. The van der Waals surface area contributed by atoms with Crippen molar-refractivity contribution in [1.82, 2.24) is 0 Å². The van der Waals surface area contributed by atoms with E-state index in [-0.39, 0.29) is 0 Å². The monoisotopic (exact) mass is 336 g/mol. The Labute approximate surface area is 125 Å². The summed E-state index contributed by atoms with van der Waals surface area (Å²) in [5.74, 6) is 1.02. The van der Waals surface area contributed by atoms with E-state index < -0.39 is 5.97 Å². The smallest absolute Gasteiger partial charge is 0.344 e. The van der Waals surface area contributed by atoms with Crippen molar-refractivity contribution in [2.75, 3.05) is 14.2 Å². The minimum Gasteiger partial charge on any atom is -0.493 e. The van der Waals surface area contributed by atoms with Crippen molar-refractivity contribution in [2.45, 2.75) is 0 Å². The molecule has 0 aliphatic rings. The van der Waals surface area contributed by atoms with Gasteiger partial charge < -0.3 is 14.2 Å². The zero-order valence-corrected chi connectivity index (χ0v) is 12.6. The highest BCUT2D eigenvalue weighted by Gasteiger charge is 2.17. The SMILES string of the molecule is COc1cc(Br)c(C(=O)Oc2ccccc2)cc1OC. The fourth-order valence-electron chi connectivity index (χ4n) is 1.66. The number of benzene rings is 2. The zero-order chi connectivity index (χ0) is 14.5.